The summed E-state index contributed by atoms with van der Waals surface area (Å²) in [6.07, 6.45) is 0. The number of hydrogen-bond donors (Lipinski definition) is 0. The number of nitriles is 1. The second kappa shape index (κ2) is 5.58. The Hall–Kier alpha value is -1.32. The average Bonchev–Trinajstić information content (AvgIpc) is 2.64. The van der Waals surface area contributed by atoms with Crippen molar-refractivity contribution in [2.24, 2.45) is 0 Å². The lowest BCUT2D eigenvalue weighted by Gasteiger charge is -2.15. The van der Waals surface area contributed by atoms with Crippen LogP contribution in [0.15, 0.2) is 9.95 Å². The van der Waals surface area contributed by atoms with E-state index in [1.807, 2.05) is 34.6 Å². The van der Waals surface area contributed by atoms with Gasteiger partial charge in [-0.15, -0.1) is 11.3 Å². The highest BCUT2D eigenvalue weighted by Gasteiger charge is 2.19. The Kier molecular flexibility index (Phi) is 4.21. The first-order valence-electron chi connectivity index (χ1n) is 6.45. The van der Waals surface area contributed by atoms with Gasteiger partial charge in [-0.1, -0.05) is 11.8 Å². The lowest BCUT2D eigenvalue weighted by atomic mass is 10.2. The van der Waals surface area contributed by atoms with E-state index in [1.165, 1.54) is 11.8 Å². The second-order valence-corrected chi connectivity index (χ2v) is 7.53. The fraction of sp³-hybridized carbons (Fsp3) is 0.500. The van der Waals surface area contributed by atoms with E-state index >= 15 is 0 Å². The van der Waals surface area contributed by atoms with E-state index in [-0.39, 0.29) is 16.9 Å². The molecule has 0 unspecified atom stereocenters. The van der Waals surface area contributed by atoms with Crippen LogP contribution in [0.2, 0.25) is 0 Å². The summed E-state index contributed by atoms with van der Waals surface area (Å²) >= 11 is 2.88. The summed E-state index contributed by atoms with van der Waals surface area (Å²) in [6.45, 7) is 9.71. The molecule has 0 saturated heterocycles. The van der Waals surface area contributed by atoms with Gasteiger partial charge in [0.05, 0.1) is 16.7 Å². The Balaban J connectivity index is 2.78. The summed E-state index contributed by atoms with van der Waals surface area (Å²) in [4.78, 5) is 19.2. The molecule has 0 aliphatic carbocycles. The Morgan fingerprint density at radius 1 is 1.35 bits per heavy atom. The molecule has 2 rings (SSSR count). The molecule has 0 N–H and O–H groups in total. The smallest absolute Gasteiger partial charge is 0.263 e. The third-order valence-electron chi connectivity index (χ3n) is 3.18. The average molecular weight is 307 g/mol. The zero-order valence-electron chi connectivity index (χ0n) is 12.2. The molecule has 20 heavy (non-hydrogen) atoms. The van der Waals surface area contributed by atoms with Crippen molar-refractivity contribution < 1.29 is 0 Å². The number of thioether (sulfide) groups is 1. The van der Waals surface area contributed by atoms with E-state index in [4.69, 9.17) is 5.26 Å². The van der Waals surface area contributed by atoms with Crippen LogP contribution in [0.4, 0.5) is 0 Å². The Morgan fingerprint density at radius 2 is 2.00 bits per heavy atom. The number of aryl methyl sites for hydroxylation is 2. The minimum Gasteiger partial charge on any atom is -0.284 e. The maximum atomic E-state index is 12.7. The van der Waals surface area contributed by atoms with E-state index in [2.05, 4.69) is 11.1 Å². The predicted molar refractivity (Wildman–Crippen MR) is 84.7 cm³/mol. The van der Waals surface area contributed by atoms with E-state index < -0.39 is 0 Å². The quantitative estimate of drug-likeness (QED) is 0.641. The maximum absolute atomic E-state index is 12.7. The first kappa shape index (κ1) is 15.1. The fourth-order valence-electron chi connectivity index (χ4n) is 2.01. The summed E-state index contributed by atoms with van der Waals surface area (Å²) < 4.78 is 1.69. The number of rotatable bonds is 3. The molecule has 2 heterocycles. The first-order chi connectivity index (χ1) is 9.36. The summed E-state index contributed by atoms with van der Waals surface area (Å²) in [6, 6.07) is 2.20. The van der Waals surface area contributed by atoms with E-state index in [1.54, 1.807) is 15.9 Å². The summed E-state index contributed by atoms with van der Waals surface area (Å²) in [5.41, 5.74) is 1.02. The van der Waals surface area contributed by atoms with Gasteiger partial charge in [-0.3, -0.25) is 9.36 Å². The summed E-state index contributed by atoms with van der Waals surface area (Å²) in [5.74, 6) is 0. The van der Waals surface area contributed by atoms with Crippen molar-refractivity contribution in [3.8, 4) is 6.07 Å². The largest absolute Gasteiger partial charge is 0.284 e. The van der Waals surface area contributed by atoms with Crippen LogP contribution in [-0.4, -0.2) is 14.8 Å². The molecule has 106 valence electrons. The third-order valence-corrected chi connectivity index (χ3v) is 5.24. The number of fused-ring (bicyclic) bond motifs is 1. The molecule has 0 amide bonds. The van der Waals surface area contributed by atoms with Crippen molar-refractivity contribution in [3.63, 3.8) is 0 Å². The lowest BCUT2D eigenvalue weighted by molar-refractivity contribution is 0.519. The minimum absolute atomic E-state index is 0.000472. The molecular formula is C14H17N3OS2. The molecule has 0 radical (unpaired) electrons. The fourth-order valence-corrected chi connectivity index (χ4v) is 4.01. The van der Waals surface area contributed by atoms with Crippen molar-refractivity contribution >= 4 is 33.3 Å². The number of aromatic nitrogens is 2. The molecule has 2 aromatic rings. The molecule has 4 nitrogen and oxygen atoms in total. The van der Waals surface area contributed by atoms with Gasteiger partial charge in [-0.05, 0) is 40.2 Å². The molecule has 0 bridgehead atoms. The molecule has 0 aromatic carbocycles. The monoisotopic (exact) mass is 307 g/mol. The summed E-state index contributed by atoms with van der Waals surface area (Å²) in [5, 5.41) is 10.1. The molecule has 6 heteroatoms. The molecule has 0 fully saturated rings. The zero-order valence-corrected chi connectivity index (χ0v) is 13.9. The predicted octanol–water partition coefficient (Wildman–Crippen LogP) is 3.66. The van der Waals surface area contributed by atoms with Crippen molar-refractivity contribution in [1.82, 2.24) is 9.55 Å². The minimum atomic E-state index is -0.230. The van der Waals surface area contributed by atoms with Gasteiger partial charge in [0.25, 0.3) is 5.56 Å². The Labute approximate surface area is 126 Å². The third kappa shape index (κ3) is 2.48. The van der Waals surface area contributed by atoms with Crippen LogP contribution in [0.5, 0.6) is 0 Å². The number of nitrogens with zero attached hydrogens (tertiary/aromatic N) is 3. The van der Waals surface area contributed by atoms with Crippen LogP contribution in [0.3, 0.4) is 0 Å². The van der Waals surface area contributed by atoms with E-state index in [0.29, 0.717) is 5.16 Å². The van der Waals surface area contributed by atoms with Crippen LogP contribution < -0.4 is 5.56 Å². The van der Waals surface area contributed by atoms with E-state index in [0.717, 1.165) is 20.7 Å². The Morgan fingerprint density at radius 3 is 2.55 bits per heavy atom. The van der Waals surface area contributed by atoms with Gasteiger partial charge in [0, 0.05) is 10.9 Å². The summed E-state index contributed by atoms with van der Waals surface area (Å²) in [7, 11) is 0. The van der Waals surface area contributed by atoms with Gasteiger partial charge >= 0.3 is 0 Å². The molecule has 2 aromatic heterocycles. The van der Waals surface area contributed by atoms with Gasteiger partial charge in [-0.25, -0.2) is 4.98 Å². The van der Waals surface area contributed by atoms with Crippen molar-refractivity contribution in [1.29, 1.82) is 5.26 Å². The van der Waals surface area contributed by atoms with Crippen molar-refractivity contribution in [2.45, 2.75) is 51.1 Å². The SMILES string of the molecule is Cc1sc2nc(S[C@@H](C)C#N)n(C(C)C)c(=O)c2c1C. The standard InChI is InChI=1S/C14H17N3OS2/c1-7(2)17-13(18)11-9(4)10(5)20-12(11)16-14(17)19-8(3)6-15/h7-8H,1-5H3/t8-/m0/s1. The van der Waals surface area contributed by atoms with Crippen LogP contribution in [0, 0.1) is 25.2 Å². The molecule has 0 aliphatic rings. The highest BCUT2D eigenvalue weighted by atomic mass is 32.2. The highest BCUT2D eigenvalue weighted by Crippen LogP contribution is 2.30. The van der Waals surface area contributed by atoms with Gasteiger partial charge in [0.1, 0.15) is 4.83 Å². The van der Waals surface area contributed by atoms with Gasteiger partial charge in [-0.2, -0.15) is 5.26 Å². The van der Waals surface area contributed by atoms with Crippen LogP contribution in [0.25, 0.3) is 10.2 Å². The molecule has 0 saturated carbocycles. The van der Waals surface area contributed by atoms with E-state index in [9.17, 15) is 4.79 Å². The van der Waals surface area contributed by atoms with Gasteiger partial charge in [0.2, 0.25) is 0 Å². The topological polar surface area (TPSA) is 58.7 Å². The van der Waals surface area contributed by atoms with Gasteiger partial charge < -0.3 is 0 Å². The molecule has 1 atom stereocenters. The second-order valence-electron chi connectivity index (χ2n) is 5.02. The first-order valence-corrected chi connectivity index (χ1v) is 8.15. The highest BCUT2D eigenvalue weighted by molar-refractivity contribution is 8.00. The van der Waals surface area contributed by atoms with Crippen molar-refractivity contribution in [2.75, 3.05) is 0 Å². The van der Waals surface area contributed by atoms with Crippen LogP contribution in [0.1, 0.15) is 37.3 Å². The lowest BCUT2D eigenvalue weighted by Crippen LogP contribution is -2.25. The van der Waals surface area contributed by atoms with Crippen molar-refractivity contribution in [3.05, 3.63) is 20.8 Å². The Bertz CT molecular complexity index is 752. The van der Waals surface area contributed by atoms with Crippen LogP contribution >= 0.6 is 23.1 Å². The zero-order chi connectivity index (χ0) is 15.0. The van der Waals surface area contributed by atoms with Crippen LogP contribution in [-0.2, 0) is 0 Å². The molecular weight excluding hydrogens is 290 g/mol. The normalized spacial score (nSPS) is 12.8. The number of thiophene rings is 1. The van der Waals surface area contributed by atoms with Gasteiger partial charge in [0.15, 0.2) is 5.16 Å². The molecule has 0 aliphatic heterocycles. The maximum Gasteiger partial charge on any atom is 0.263 e. The molecule has 0 spiro atoms. The number of hydrogen-bond acceptors (Lipinski definition) is 5.